The number of carbonyl (C=O) groups is 1. The van der Waals surface area contributed by atoms with Gasteiger partial charge in [0.1, 0.15) is 5.75 Å². The SMILES string of the molecule is C=C(c1cc(OC)c(OC)c(OC)c1)c1ccc(OC)c(C(=O)[O-])c1.[Na+]. The maximum Gasteiger partial charge on any atom is 1.00 e. The maximum absolute atomic E-state index is 11.3. The van der Waals surface area contributed by atoms with Crippen molar-refractivity contribution in [2.45, 2.75) is 0 Å². The Morgan fingerprint density at radius 1 is 0.846 bits per heavy atom. The van der Waals surface area contributed by atoms with Crippen molar-refractivity contribution in [3.05, 3.63) is 53.6 Å². The van der Waals surface area contributed by atoms with Crippen LogP contribution in [0.15, 0.2) is 36.9 Å². The van der Waals surface area contributed by atoms with Gasteiger partial charge in [0, 0.05) is 5.56 Å². The summed E-state index contributed by atoms with van der Waals surface area (Å²) in [5.41, 5.74) is 1.84. The quantitative estimate of drug-likeness (QED) is 0.594. The number of rotatable bonds is 7. The molecule has 0 fully saturated rings. The zero-order valence-corrected chi connectivity index (χ0v) is 17.5. The van der Waals surface area contributed by atoms with Crippen LogP contribution in [0.2, 0.25) is 0 Å². The maximum atomic E-state index is 11.3. The molecule has 0 aliphatic rings. The Morgan fingerprint density at radius 2 is 1.38 bits per heavy atom. The van der Waals surface area contributed by atoms with Gasteiger partial charge >= 0.3 is 29.6 Å². The van der Waals surface area contributed by atoms with Gasteiger partial charge in [0.05, 0.1) is 34.4 Å². The van der Waals surface area contributed by atoms with E-state index in [1.165, 1.54) is 34.5 Å². The van der Waals surface area contributed by atoms with Crippen molar-refractivity contribution < 1.29 is 58.4 Å². The zero-order chi connectivity index (χ0) is 18.6. The minimum absolute atomic E-state index is 0. The number of aromatic carboxylic acids is 1. The molecule has 0 saturated heterocycles. The molecule has 7 heteroatoms. The normalized spacial score (nSPS) is 9.69. The average Bonchev–Trinajstić information content (AvgIpc) is 2.65. The molecule has 0 aliphatic heterocycles. The Bertz CT molecular complexity index is 791. The molecule has 0 aromatic heterocycles. The molecule has 0 unspecified atom stereocenters. The predicted molar refractivity (Wildman–Crippen MR) is 91.6 cm³/mol. The molecule has 2 aromatic rings. The Morgan fingerprint density at radius 3 is 1.81 bits per heavy atom. The van der Waals surface area contributed by atoms with E-state index in [-0.39, 0.29) is 40.9 Å². The van der Waals surface area contributed by atoms with Crippen LogP contribution in [0, 0.1) is 0 Å². The molecule has 0 atom stereocenters. The Hall–Kier alpha value is -2.15. The van der Waals surface area contributed by atoms with E-state index in [0.717, 1.165) is 0 Å². The standard InChI is InChI=1S/C19H20O6.Na/c1-11(12-6-7-15(22-2)14(8-12)19(20)21)13-9-16(23-3)18(25-5)17(10-13)24-4;/h6-10H,1H2,2-5H3,(H,20,21);/q;+1/p-1. The van der Waals surface area contributed by atoms with Crippen molar-refractivity contribution in [2.75, 3.05) is 28.4 Å². The first kappa shape index (κ1) is 21.9. The molecule has 6 nitrogen and oxygen atoms in total. The number of hydrogen-bond donors (Lipinski definition) is 0. The van der Waals surface area contributed by atoms with Gasteiger partial charge in [0.2, 0.25) is 5.75 Å². The van der Waals surface area contributed by atoms with Crippen molar-refractivity contribution >= 4 is 11.5 Å². The fourth-order valence-electron chi connectivity index (χ4n) is 2.48. The summed E-state index contributed by atoms with van der Waals surface area (Å²) in [5.74, 6) is 0.322. The molecule has 0 bridgehead atoms. The van der Waals surface area contributed by atoms with E-state index in [2.05, 4.69) is 6.58 Å². The summed E-state index contributed by atoms with van der Waals surface area (Å²) in [4.78, 5) is 11.3. The van der Waals surface area contributed by atoms with Gasteiger partial charge < -0.3 is 28.8 Å². The van der Waals surface area contributed by atoms with Crippen molar-refractivity contribution in [2.24, 2.45) is 0 Å². The van der Waals surface area contributed by atoms with Gasteiger partial charge in [-0.05, 0) is 41.0 Å². The van der Waals surface area contributed by atoms with Crippen LogP contribution in [0.3, 0.4) is 0 Å². The van der Waals surface area contributed by atoms with Gasteiger partial charge in [-0.2, -0.15) is 0 Å². The number of methoxy groups -OCH3 is 4. The molecule has 0 heterocycles. The van der Waals surface area contributed by atoms with Crippen LogP contribution in [0.5, 0.6) is 23.0 Å². The molecule has 0 N–H and O–H groups in total. The van der Waals surface area contributed by atoms with E-state index in [4.69, 9.17) is 18.9 Å². The number of ether oxygens (including phenoxy) is 4. The van der Waals surface area contributed by atoms with E-state index in [1.54, 1.807) is 24.3 Å². The molecule has 0 aliphatic carbocycles. The van der Waals surface area contributed by atoms with Crippen LogP contribution in [0.4, 0.5) is 0 Å². The van der Waals surface area contributed by atoms with Gasteiger partial charge in [-0.1, -0.05) is 12.6 Å². The Kier molecular flexibility index (Phi) is 8.02. The fraction of sp³-hybridized carbons (Fsp3) is 0.211. The second-order valence-corrected chi connectivity index (χ2v) is 5.10. The third-order valence-electron chi connectivity index (χ3n) is 3.78. The molecule has 0 radical (unpaired) electrons. The smallest absolute Gasteiger partial charge is 0.545 e. The number of carboxylic acid groups (broad SMARTS) is 1. The number of hydrogen-bond acceptors (Lipinski definition) is 6. The molecule has 0 spiro atoms. The Labute approximate surface area is 174 Å². The number of benzene rings is 2. The minimum Gasteiger partial charge on any atom is -0.545 e. The summed E-state index contributed by atoms with van der Waals surface area (Å²) < 4.78 is 21.0. The van der Waals surface area contributed by atoms with Crippen molar-refractivity contribution in [3.8, 4) is 23.0 Å². The van der Waals surface area contributed by atoms with Crippen LogP contribution in [-0.4, -0.2) is 34.4 Å². The molecular weight excluding hydrogens is 347 g/mol. The molecule has 0 saturated carbocycles. The molecular formula is C19H19NaO6. The van der Waals surface area contributed by atoms with Gasteiger partial charge in [-0.15, -0.1) is 0 Å². The first-order valence-electron chi connectivity index (χ1n) is 7.35. The first-order chi connectivity index (χ1) is 12.0. The van der Waals surface area contributed by atoms with E-state index < -0.39 is 5.97 Å². The number of carbonyl (C=O) groups excluding carboxylic acids is 1. The van der Waals surface area contributed by atoms with E-state index in [0.29, 0.717) is 33.9 Å². The molecule has 0 amide bonds. The second-order valence-electron chi connectivity index (χ2n) is 5.10. The zero-order valence-electron chi connectivity index (χ0n) is 15.5. The topological polar surface area (TPSA) is 77.0 Å². The minimum atomic E-state index is -1.32. The van der Waals surface area contributed by atoms with Crippen molar-refractivity contribution in [1.82, 2.24) is 0 Å². The molecule has 2 aromatic carbocycles. The summed E-state index contributed by atoms with van der Waals surface area (Å²) in [7, 11) is 5.96. The van der Waals surface area contributed by atoms with Crippen LogP contribution < -0.4 is 53.6 Å². The molecule has 26 heavy (non-hydrogen) atoms. The molecule has 2 rings (SSSR count). The van der Waals surface area contributed by atoms with Gasteiger partial charge in [-0.25, -0.2) is 0 Å². The fourth-order valence-corrected chi connectivity index (χ4v) is 2.48. The largest absolute Gasteiger partial charge is 1.00 e. The van der Waals surface area contributed by atoms with Crippen LogP contribution >= 0.6 is 0 Å². The summed E-state index contributed by atoms with van der Waals surface area (Å²) in [6.45, 7) is 4.05. The van der Waals surface area contributed by atoms with Gasteiger partial charge in [0.15, 0.2) is 11.5 Å². The average molecular weight is 366 g/mol. The summed E-state index contributed by atoms with van der Waals surface area (Å²) >= 11 is 0. The summed E-state index contributed by atoms with van der Waals surface area (Å²) in [5, 5.41) is 11.3. The Balaban J connectivity index is 0.00000338. The summed E-state index contributed by atoms with van der Waals surface area (Å²) in [6, 6.07) is 8.22. The van der Waals surface area contributed by atoms with Crippen LogP contribution in [0.25, 0.3) is 5.57 Å². The van der Waals surface area contributed by atoms with Crippen molar-refractivity contribution in [3.63, 3.8) is 0 Å². The first-order valence-corrected chi connectivity index (χ1v) is 7.35. The number of carboxylic acids is 1. The predicted octanol–water partition coefficient (Wildman–Crippen LogP) is -0.850. The second kappa shape index (κ2) is 9.52. The van der Waals surface area contributed by atoms with Gasteiger partial charge in [0.25, 0.3) is 0 Å². The third kappa shape index (κ3) is 4.33. The van der Waals surface area contributed by atoms with Gasteiger partial charge in [-0.3, -0.25) is 0 Å². The van der Waals surface area contributed by atoms with E-state index in [1.807, 2.05) is 0 Å². The monoisotopic (exact) mass is 366 g/mol. The van der Waals surface area contributed by atoms with E-state index >= 15 is 0 Å². The summed E-state index contributed by atoms with van der Waals surface area (Å²) in [6.07, 6.45) is 0. The van der Waals surface area contributed by atoms with Crippen LogP contribution in [-0.2, 0) is 0 Å². The third-order valence-corrected chi connectivity index (χ3v) is 3.78. The van der Waals surface area contributed by atoms with Crippen LogP contribution in [0.1, 0.15) is 21.5 Å². The van der Waals surface area contributed by atoms with E-state index in [9.17, 15) is 9.90 Å². The molecule has 132 valence electrons. The van der Waals surface area contributed by atoms with Crippen molar-refractivity contribution in [1.29, 1.82) is 0 Å².